The highest BCUT2D eigenvalue weighted by atomic mass is 16.5. The lowest BCUT2D eigenvalue weighted by atomic mass is 9.94. The van der Waals surface area contributed by atoms with Crippen molar-refractivity contribution in [1.29, 1.82) is 0 Å². The van der Waals surface area contributed by atoms with Crippen LogP contribution in [0.3, 0.4) is 0 Å². The second kappa shape index (κ2) is 8.38. The van der Waals surface area contributed by atoms with Crippen molar-refractivity contribution >= 4 is 11.7 Å². The van der Waals surface area contributed by atoms with E-state index < -0.39 is 0 Å². The Hall–Kier alpha value is -3.62. The number of aromatic nitrogens is 4. The summed E-state index contributed by atoms with van der Waals surface area (Å²) in [6.45, 7) is 6.59. The molecule has 0 bridgehead atoms. The predicted molar refractivity (Wildman–Crippen MR) is 123 cm³/mol. The Morgan fingerprint density at radius 3 is 2.33 bits per heavy atom. The maximum atomic E-state index is 13.2. The van der Waals surface area contributed by atoms with Gasteiger partial charge in [0.25, 0.3) is 0 Å². The molecule has 33 heavy (non-hydrogen) atoms. The van der Waals surface area contributed by atoms with Crippen LogP contribution in [0.1, 0.15) is 22.5 Å². The number of fused-ring (bicyclic) bond motifs is 1. The number of carbonyl (C=O) groups is 1. The first-order valence-corrected chi connectivity index (χ1v) is 11.1. The van der Waals surface area contributed by atoms with Gasteiger partial charge in [0.15, 0.2) is 17.3 Å². The van der Waals surface area contributed by atoms with Crippen LogP contribution in [0.25, 0.3) is 5.82 Å². The van der Waals surface area contributed by atoms with Crippen molar-refractivity contribution < 1.29 is 14.3 Å². The zero-order valence-electron chi connectivity index (χ0n) is 19.4. The van der Waals surface area contributed by atoms with Gasteiger partial charge in [-0.1, -0.05) is 0 Å². The van der Waals surface area contributed by atoms with Crippen LogP contribution in [0.5, 0.6) is 11.5 Å². The summed E-state index contributed by atoms with van der Waals surface area (Å²) in [5, 5.41) is 4.50. The first-order chi connectivity index (χ1) is 16.0. The molecule has 172 valence electrons. The molecule has 9 nitrogen and oxygen atoms in total. The fraction of sp³-hybridized carbons (Fsp3) is 0.417. The average molecular weight is 449 g/mol. The van der Waals surface area contributed by atoms with Crippen LogP contribution in [0.15, 0.2) is 30.6 Å². The topological polar surface area (TPSA) is 85.6 Å². The van der Waals surface area contributed by atoms with E-state index >= 15 is 0 Å². The van der Waals surface area contributed by atoms with Gasteiger partial charge >= 0.3 is 0 Å². The SMILES string of the molecule is COc1cc2c(cc1OC)CN(C(=O)C1CN(c3cc(-n4nc(C)cc4C)ncn3)C1)CC2. The Morgan fingerprint density at radius 1 is 0.970 bits per heavy atom. The van der Waals surface area contributed by atoms with Gasteiger partial charge in [0.1, 0.15) is 12.1 Å². The number of carbonyl (C=O) groups excluding carboxylic acids is 1. The Bertz CT molecular complexity index is 1200. The molecule has 9 heteroatoms. The van der Waals surface area contributed by atoms with Crippen LogP contribution in [0, 0.1) is 19.8 Å². The Balaban J connectivity index is 1.25. The largest absolute Gasteiger partial charge is 0.493 e. The number of ether oxygens (including phenoxy) is 2. The van der Waals surface area contributed by atoms with Crippen molar-refractivity contribution in [3.8, 4) is 17.3 Å². The minimum absolute atomic E-state index is 0.0289. The van der Waals surface area contributed by atoms with E-state index in [9.17, 15) is 4.79 Å². The number of rotatable bonds is 5. The van der Waals surface area contributed by atoms with Crippen molar-refractivity contribution in [3.63, 3.8) is 0 Å². The summed E-state index contributed by atoms with van der Waals surface area (Å²) in [5.74, 6) is 3.14. The number of hydrogen-bond donors (Lipinski definition) is 0. The molecule has 2 aliphatic rings. The van der Waals surface area contributed by atoms with Crippen molar-refractivity contribution in [2.45, 2.75) is 26.8 Å². The molecular weight excluding hydrogens is 420 g/mol. The lowest BCUT2D eigenvalue weighted by Crippen LogP contribution is -2.55. The number of nitrogens with zero attached hydrogens (tertiary/aromatic N) is 6. The number of aryl methyl sites for hydroxylation is 2. The maximum Gasteiger partial charge on any atom is 0.229 e. The van der Waals surface area contributed by atoms with Crippen LogP contribution < -0.4 is 14.4 Å². The second-order valence-electron chi connectivity index (χ2n) is 8.66. The third-order valence-electron chi connectivity index (χ3n) is 6.45. The van der Waals surface area contributed by atoms with E-state index in [0.717, 1.165) is 40.8 Å². The quantitative estimate of drug-likeness (QED) is 0.592. The normalized spacial score (nSPS) is 15.8. The van der Waals surface area contributed by atoms with Crippen LogP contribution in [0.2, 0.25) is 0 Å². The van der Waals surface area contributed by atoms with E-state index in [1.807, 2.05) is 47.7 Å². The van der Waals surface area contributed by atoms with Crippen molar-refractivity contribution in [1.82, 2.24) is 24.6 Å². The van der Waals surface area contributed by atoms with E-state index in [1.165, 1.54) is 5.56 Å². The van der Waals surface area contributed by atoms with E-state index in [4.69, 9.17) is 9.47 Å². The van der Waals surface area contributed by atoms with Gasteiger partial charge < -0.3 is 19.3 Å². The molecule has 0 N–H and O–H groups in total. The second-order valence-corrected chi connectivity index (χ2v) is 8.66. The van der Waals surface area contributed by atoms with Gasteiger partial charge in [-0.05, 0) is 49.6 Å². The van der Waals surface area contributed by atoms with Gasteiger partial charge in [0.2, 0.25) is 5.91 Å². The molecule has 1 amide bonds. The molecule has 1 aromatic carbocycles. The summed E-state index contributed by atoms with van der Waals surface area (Å²) < 4.78 is 12.7. The molecular formula is C24H28N6O3. The average Bonchev–Trinajstić information content (AvgIpc) is 3.14. The molecule has 0 atom stereocenters. The molecule has 5 rings (SSSR count). The third kappa shape index (κ3) is 3.88. The maximum absolute atomic E-state index is 13.2. The summed E-state index contributed by atoms with van der Waals surface area (Å²) in [5.41, 5.74) is 4.30. The summed E-state index contributed by atoms with van der Waals surface area (Å²) >= 11 is 0. The molecule has 0 saturated carbocycles. The lowest BCUT2D eigenvalue weighted by Gasteiger charge is -2.42. The first kappa shape index (κ1) is 21.2. The molecule has 2 aliphatic heterocycles. The summed E-state index contributed by atoms with van der Waals surface area (Å²) in [6.07, 6.45) is 2.37. The van der Waals surface area contributed by atoms with Crippen molar-refractivity contribution in [3.05, 3.63) is 53.1 Å². The highest BCUT2D eigenvalue weighted by Crippen LogP contribution is 2.34. The molecule has 3 aromatic rings. The standard InChI is InChI=1S/C24H28N6O3/c1-15-7-16(2)30(27-15)23-10-22(25-14-26-23)29-12-19(13-29)24(31)28-6-5-17-8-20(32-3)21(33-4)9-18(17)11-28/h7-10,14,19H,5-6,11-13H2,1-4H3. The van der Waals surface area contributed by atoms with Gasteiger partial charge in [-0.3, -0.25) is 4.79 Å². The van der Waals surface area contributed by atoms with Crippen LogP contribution >= 0.6 is 0 Å². The molecule has 1 fully saturated rings. The Labute approximate surface area is 193 Å². The number of anilines is 1. The van der Waals surface area contributed by atoms with Gasteiger partial charge in [0, 0.05) is 37.9 Å². The highest BCUT2D eigenvalue weighted by Gasteiger charge is 2.37. The van der Waals surface area contributed by atoms with E-state index in [0.29, 0.717) is 31.9 Å². The minimum atomic E-state index is -0.0289. The number of amides is 1. The zero-order valence-corrected chi connectivity index (χ0v) is 19.4. The molecule has 4 heterocycles. The fourth-order valence-corrected chi connectivity index (χ4v) is 4.64. The predicted octanol–water partition coefficient (Wildman–Crippen LogP) is 2.32. The highest BCUT2D eigenvalue weighted by molar-refractivity contribution is 5.82. The summed E-state index contributed by atoms with van der Waals surface area (Å²) in [6, 6.07) is 7.96. The number of methoxy groups -OCH3 is 2. The lowest BCUT2D eigenvalue weighted by molar-refractivity contribution is -0.137. The Morgan fingerprint density at radius 2 is 1.67 bits per heavy atom. The van der Waals surface area contributed by atoms with Crippen LogP contribution in [-0.2, 0) is 17.8 Å². The van der Waals surface area contributed by atoms with Crippen molar-refractivity contribution in [2.75, 3.05) is 38.8 Å². The fourth-order valence-electron chi connectivity index (χ4n) is 4.64. The number of hydrogen-bond acceptors (Lipinski definition) is 7. The molecule has 0 unspecified atom stereocenters. The molecule has 0 aliphatic carbocycles. The molecule has 2 aromatic heterocycles. The van der Waals surface area contributed by atoms with Crippen molar-refractivity contribution in [2.24, 2.45) is 5.92 Å². The minimum Gasteiger partial charge on any atom is -0.493 e. The summed E-state index contributed by atoms with van der Waals surface area (Å²) in [7, 11) is 3.27. The smallest absolute Gasteiger partial charge is 0.229 e. The monoisotopic (exact) mass is 448 g/mol. The zero-order chi connectivity index (χ0) is 23.1. The van der Waals surface area contributed by atoms with Gasteiger partial charge in [-0.2, -0.15) is 5.10 Å². The van der Waals surface area contributed by atoms with E-state index in [-0.39, 0.29) is 11.8 Å². The molecule has 0 spiro atoms. The van der Waals surface area contributed by atoms with Crippen LogP contribution in [0.4, 0.5) is 5.82 Å². The van der Waals surface area contributed by atoms with E-state index in [1.54, 1.807) is 20.5 Å². The van der Waals surface area contributed by atoms with Gasteiger partial charge in [-0.15, -0.1) is 0 Å². The van der Waals surface area contributed by atoms with E-state index in [2.05, 4.69) is 20.0 Å². The summed E-state index contributed by atoms with van der Waals surface area (Å²) in [4.78, 5) is 26.0. The number of benzene rings is 1. The Kier molecular flexibility index (Phi) is 5.39. The van der Waals surface area contributed by atoms with Gasteiger partial charge in [0.05, 0.1) is 25.8 Å². The van der Waals surface area contributed by atoms with Gasteiger partial charge in [-0.25, -0.2) is 14.6 Å². The molecule has 1 saturated heterocycles. The first-order valence-electron chi connectivity index (χ1n) is 11.1. The van der Waals surface area contributed by atoms with Crippen LogP contribution in [-0.4, -0.2) is 64.4 Å². The molecule has 0 radical (unpaired) electrons. The third-order valence-corrected chi connectivity index (χ3v) is 6.45.